The lowest BCUT2D eigenvalue weighted by Crippen LogP contribution is -2.01. The molecule has 0 fully saturated rings. The van der Waals surface area contributed by atoms with Gasteiger partial charge in [0.25, 0.3) is 20.2 Å². The van der Waals surface area contributed by atoms with Crippen molar-refractivity contribution in [1.29, 1.82) is 0 Å². The fourth-order valence-electron chi connectivity index (χ4n) is 5.22. The molecule has 0 aliphatic rings. The molecule has 0 bridgehead atoms. The van der Waals surface area contributed by atoms with Gasteiger partial charge < -0.3 is 21.7 Å². The highest BCUT2D eigenvalue weighted by Crippen LogP contribution is 2.43. The number of halogens is 2. The second kappa shape index (κ2) is 12.8. The third-order valence-electron chi connectivity index (χ3n) is 7.56. The van der Waals surface area contributed by atoms with Gasteiger partial charge in [-0.05, 0) is 59.7 Å². The number of hydrogen-bond acceptors (Lipinski definition) is 12. The summed E-state index contributed by atoms with van der Waals surface area (Å²) in [6.07, 6.45) is 0. The molecule has 6 aromatic carbocycles. The van der Waals surface area contributed by atoms with Crippen LogP contribution in [0.25, 0.3) is 32.7 Å². The number of fused-ring (bicyclic) bond motifs is 2. The van der Waals surface area contributed by atoms with Crippen LogP contribution in [-0.2, 0) is 20.2 Å². The molecule has 0 heterocycles. The minimum absolute atomic E-state index is 0.00174. The monoisotopic (exact) mass is 752 g/mol. The van der Waals surface area contributed by atoms with Crippen molar-refractivity contribution in [2.45, 2.75) is 9.79 Å². The van der Waals surface area contributed by atoms with Crippen LogP contribution >= 0.6 is 23.2 Å². The van der Waals surface area contributed by atoms with Gasteiger partial charge in [0.05, 0.1) is 32.2 Å². The average molecular weight is 754 g/mol. The molecule has 0 aliphatic carbocycles. The largest absolute Gasteiger partial charge is 0.507 e. The molecule has 8 N–H and O–H groups in total. The number of aromatic hydroxyl groups is 2. The Bertz CT molecular complexity index is 2500. The highest BCUT2D eigenvalue weighted by molar-refractivity contribution is 7.86. The van der Waals surface area contributed by atoms with E-state index in [1.54, 1.807) is 24.3 Å². The van der Waals surface area contributed by atoms with Crippen molar-refractivity contribution < 1.29 is 36.2 Å². The SMILES string of the molecule is Nc1c(N=Nc2ccc(-c3ccc(N=Nc4cc(S(=O)(=O)O)c5cccc(O)c5c4N)c(Cl)c3)cc2Cl)cc(S(=O)(=O)O)c2cccc(O)c12. The Hall–Kier alpha value is -5.36. The molecule has 18 heteroatoms. The highest BCUT2D eigenvalue weighted by atomic mass is 35.5. The summed E-state index contributed by atoms with van der Waals surface area (Å²) in [7, 11) is -9.44. The second-order valence-electron chi connectivity index (χ2n) is 10.7. The Labute approximate surface area is 293 Å². The summed E-state index contributed by atoms with van der Waals surface area (Å²) in [5.41, 5.74) is 13.5. The molecule has 6 aromatic rings. The maximum Gasteiger partial charge on any atom is 0.295 e. The van der Waals surface area contributed by atoms with E-state index in [2.05, 4.69) is 20.5 Å². The summed E-state index contributed by atoms with van der Waals surface area (Å²) in [6.45, 7) is 0. The number of rotatable bonds is 7. The van der Waals surface area contributed by atoms with E-state index in [1.165, 1.54) is 48.5 Å². The van der Waals surface area contributed by atoms with Crippen LogP contribution in [0.15, 0.2) is 115 Å². The van der Waals surface area contributed by atoms with E-state index in [-0.39, 0.29) is 77.2 Å². The molecule has 0 aliphatic heterocycles. The van der Waals surface area contributed by atoms with Crippen LogP contribution in [0.4, 0.5) is 34.1 Å². The van der Waals surface area contributed by atoms with Gasteiger partial charge in [0.15, 0.2) is 0 Å². The predicted molar refractivity (Wildman–Crippen MR) is 190 cm³/mol. The van der Waals surface area contributed by atoms with Gasteiger partial charge in [0.1, 0.15) is 44.0 Å². The van der Waals surface area contributed by atoms with Crippen LogP contribution < -0.4 is 11.5 Å². The first-order valence-electron chi connectivity index (χ1n) is 14.0. The lowest BCUT2D eigenvalue weighted by atomic mass is 10.0. The van der Waals surface area contributed by atoms with Gasteiger partial charge in [-0.2, -0.15) is 16.8 Å². The molecule has 50 heavy (non-hydrogen) atoms. The van der Waals surface area contributed by atoms with E-state index in [1.807, 2.05) is 0 Å². The molecule has 0 aromatic heterocycles. The van der Waals surface area contributed by atoms with Crippen molar-refractivity contribution in [3.8, 4) is 22.6 Å². The van der Waals surface area contributed by atoms with E-state index in [0.717, 1.165) is 12.1 Å². The third kappa shape index (κ3) is 6.50. The number of anilines is 2. The van der Waals surface area contributed by atoms with Gasteiger partial charge in [-0.15, -0.1) is 20.5 Å². The zero-order valence-electron chi connectivity index (χ0n) is 25.0. The maximum absolute atomic E-state index is 12.1. The molecule has 254 valence electrons. The molecule has 0 saturated heterocycles. The number of phenolic OH excluding ortho intramolecular Hbond substituents is 2. The van der Waals surface area contributed by atoms with Crippen molar-refractivity contribution in [3.05, 3.63) is 95.0 Å². The Morgan fingerprint density at radius 1 is 0.520 bits per heavy atom. The fourth-order valence-corrected chi connectivity index (χ4v) is 7.07. The molecule has 0 unspecified atom stereocenters. The van der Waals surface area contributed by atoms with Crippen molar-refractivity contribution in [1.82, 2.24) is 0 Å². The van der Waals surface area contributed by atoms with Crippen molar-refractivity contribution in [2.75, 3.05) is 11.5 Å². The standard InChI is InChI=1S/C32H22Cl2N6O8S2/c33-19-11-15(7-9-21(19)37-39-23-13-27(49(43,44)45)17-3-1-5-25(41)29(17)31(23)35)16-8-10-22(20(34)12-16)38-40-24-14-28(50(46,47)48)18-4-2-6-26(42)30(18)32(24)36/h1-14,41-42H,35-36H2,(H,43,44,45)(H,46,47,48). The van der Waals surface area contributed by atoms with Gasteiger partial charge in [-0.25, -0.2) is 0 Å². The molecule has 0 amide bonds. The van der Waals surface area contributed by atoms with Crippen LogP contribution in [0.1, 0.15) is 0 Å². The van der Waals surface area contributed by atoms with Gasteiger partial charge in [0, 0.05) is 10.8 Å². The number of azo groups is 2. The molecule has 6 rings (SSSR count). The first-order valence-corrected chi connectivity index (χ1v) is 17.6. The van der Waals surface area contributed by atoms with Gasteiger partial charge in [0.2, 0.25) is 0 Å². The van der Waals surface area contributed by atoms with Crippen LogP contribution in [0, 0.1) is 0 Å². The number of nitrogen functional groups attached to an aromatic ring is 2. The zero-order valence-corrected chi connectivity index (χ0v) is 28.2. The number of nitrogens with zero attached hydrogens (tertiary/aromatic N) is 4. The summed E-state index contributed by atoms with van der Waals surface area (Å²) in [4.78, 5) is -1.04. The average Bonchev–Trinajstić information content (AvgIpc) is 3.04. The Morgan fingerprint density at radius 2 is 0.880 bits per heavy atom. The molecule has 0 atom stereocenters. The maximum atomic E-state index is 12.1. The van der Waals surface area contributed by atoms with Crippen LogP contribution in [0.5, 0.6) is 11.5 Å². The van der Waals surface area contributed by atoms with E-state index in [9.17, 15) is 36.2 Å². The normalized spacial score (nSPS) is 12.5. The molecule has 0 saturated carbocycles. The zero-order chi connectivity index (χ0) is 36.1. The van der Waals surface area contributed by atoms with Crippen LogP contribution in [-0.4, -0.2) is 36.2 Å². The molecule has 0 radical (unpaired) electrons. The summed E-state index contributed by atoms with van der Waals surface area (Å²) >= 11 is 13.0. The number of hydrogen-bond donors (Lipinski definition) is 6. The van der Waals surface area contributed by atoms with E-state index in [4.69, 9.17) is 34.7 Å². The van der Waals surface area contributed by atoms with Crippen LogP contribution in [0.2, 0.25) is 10.0 Å². The lowest BCUT2D eigenvalue weighted by molar-refractivity contribution is 0.479. The lowest BCUT2D eigenvalue weighted by Gasteiger charge is -2.11. The third-order valence-corrected chi connectivity index (χ3v) is 9.95. The number of benzene rings is 6. The number of nitrogens with two attached hydrogens (primary N) is 2. The Morgan fingerprint density at radius 3 is 1.22 bits per heavy atom. The predicted octanol–water partition coefficient (Wildman–Crippen LogP) is 8.87. The molecule has 14 nitrogen and oxygen atoms in total. The first-order chi connectivity index (χ1) is 23.5. The number of phenols is 2. The Kier molecular flexibility index (Phi) is 8.85. The molecular weight excluding hydrogens is 731 g/mol. The van der Waals surface area contributed by atoms with Crippen molar-refractivity contribution in [3.63, 3.8) is 0 Å². The smallest absolute Gasteiger partial charge is 0.295 e. The first kappa shape index (κ1) is 34.5. The minimum atomic E-state index is -4.72. The second-order valence-corrected chi connectivity index (χ2v) is 14.3. The van der Waals surface area contributed by atoms with E-state index in [0.29, 0.717) is 11.1 Å². The van der Waals surface area contributed by atoms with Gasteiger partial charge in [-0.3, -0.25) is 9.11 Å². The Balaban J connectivity index is 1.30. The quantitative estimate of drug-likeness (QED) is 0.0513. The van der Waals surface area contributed by atoms with E-state index < -0.39 is 30.0 Å². The van der Waals surface area contributed by atoms with Gasteiger partial charge in [-0.1, -0.05) is 59.6 Å². The minimum Gasteiger partial charge on any atom is -0.507 e. The summed E-state index contributed by atoms with van der Waals surface area (Å²) < 4.78 is 67.8. The molecule has 0 spiro atoms. The summed E-state index contributed by atoms with van der Waals surface area (Å²) in [5.74, 6) is -0.639. The van der Waals surface area contributed by atoms with Crippen molar-refractivity contribution in [2.24, 2.45) is 20.5 Å². The van der Waals surface area contributed by atoms with Crippen molar-refractivity contribution >= 4 is 99.1 Å². The van der Waals surface area contributed by atoms with E-state index >= 15 is 0 Å². The topological polar surface area (TPSA) is 251 Å². The highest BCUT2D eigenvalue weighted by Gasteiger charge is 2.22. The summed E-state index contributed by atoms with van der Waals surface area (Å²) in [5, 5.41) is 37.2. The van der Waals surface area contributed by atoms with Crippen LogP contribution in [0.3, 0.4) is 0 Å². The summed E-state index contributed by atoms with van der Waals surface area (Å²) in [6, 6.07) is 19.8. The van der Waals surface area contributed by atoms with Gasteiger partial charge >= 0.3 is 0 Å². The molecular formula is C32H22Cl2N6O8S2. The fraction of sp³-hybridized carbons (Fsp3) is 0.